The van der Waals surface area contributed by atoms with E-state index in [9.17, 15) is 53.1 Å². The third-order valence-electron chi connectivity index (χ3n) is 13.1. The molecule has 0 aliphatic carbocycles. The Morgan fingerprint density at radius 2 is 1.06 bits per heavy atom. The number of nitrogens with one attached hydrogen (secondary N) is 6. The lowest BCUT2D eigenvalue weighted by Crippen LogP contribution is -2.60. The minimum absolute atomic E-state index is 0.0393. The average molecular weight is 1130 g/mol. The summed E-state index contributed by atoms with van der Waals surface area (Å²) in [6.07, 6.45) is 1.64. The van der Waals surface area contributed by atoms with Gasteiger partial charge in [-0.1, -0.05) is 44.2 Å². The van der Waals surface area contributed by atoms with Crippen molar-refractivity contribution < 1.29 is 53.1 Å². The maximum absolute atomic E-state index is 14.5. The van der Waals surface area contributed by atoms with E-state index < -0.39 is 120 Å². The number of aliphatic carboxylic acids is 1. The quantitative estimate of drug-likeness (QED) is 0.0177. The summed E-state index contributed by atoms with van der Waals surface area (Å²) in [5.41, 5.74) is 45.0. The molecule has 9 atom stereocenters. The van der Waals surface area contributed by atoms with Gasteiger partial charge >= 0.3 is 5.97 Å². The van der Waals surface area contributed by atoms with Gasteiger partial charge in [0, 0.05) is 39.1 Å². The lowest BCUT2D eigenvalue weighted by atomic mass is 10.0. The smallest absolute Gasteiger partial charge is 0.326 e. The van der Waals surface area contributed by atoms with Crippen LogP contribution in [-0.4, -0.2) is 179 Å². The van der Waals surface area contributed by atoms with Crippen molar-refractivity contribution in [2.45, 2.75) is 159 Å². The Labute approximate surface area is 464 Å². The van der Waals surface area contributed by atoms with E-state index in [1.165, 1.54) is 16.7 Å². The van der Waals surface area contributed by atoms with Gasteiger partial charge in [-0.3, -0.25) is 58.1 Å². The van der Waals surface area contributed by atoms with E-state index in [-0.39, 0.29) is 114 Å². The van der Waals surface area contributed by atoms with E-state index in [0.29, 0.717) is 24.8 Å². The molecule has 1 aromatic carbocycles. The second kappa shape index (κ2) is 33.2. The Hall–Kier alpha value is -8.31. The van der Waals surface area contributed by atoms with Crippen LogP contribution in [-0.2, 0) is 54.4 Å². The van der Waals surface area contributed by atoms with E-state index >= 15 is 0 Å². The molecule has 2 saturated heterocycles. The van der Waals surface area contributed by atoms with Crippen LogP contribution in [0.15, 0.2) is 45.3 Å². The predicted molar refractivity (Wildman–Crippen MR) is 295 cm³/mol. The van der Waals surface area contributed by atoms with Crippen molar-refractivity contribution >= 4 is 77.0 Å². The number of likely N-dealkylation sites (tertiary alicyclic amines) is 2. The van der Waals surface area contributed by atoms with Gasteiger partial charge in [0.25, 0.3) is 0 Å². The number of carboxylic acid groups (broad SMARTS) is 1. The summed E-state index contributed by atoms with van der Waals surface area (Å²) in [6.45, 7) is 5.60. The highest BCUT2D eigenvalue weighted by Gasteiger charge is 2.44. The van der Waals surface area contributed by atoms with Crippen LogP contribution in [0, 0.1) is 5.92 Å². The second-order valence-corrected chi connectivity index (χ2v) is 20.2. The maximum atomic E-state index is 14.5. The summed E-state index contributed by atoms with van der Waals surface area (Å²) in [7, 11) is 0. The molecule has 23 N–H and O–H groups in total. The van der Waals surface area contributed by atoms with Gasteiger partial charge < -0.3 is 92.7 Å². The number of nitrogens with zero attached hydrogens (tertiary/aromatic N) is 5. The molecule has 80 heavy (non-hydrogen) atoms. The van der Waals surface area contributed by atoms with Gasteiger partial charge in [0.05, 0.1) is 12.5 Å². The monoisotopic (exact) mass is 1130 g/mol. The Kier molecular flexibility index (Phi) is 27.4. The normalized spacial score (nSPS) is 17.4. The molecule has 30 heteroatoms. The van der Waals surface area contributed by atoms with Crippen LogP contribution in [0.25, 0.3) is 0 Å². The van der Waals surface area contributed by atoms with Gasteiger partial charge in [-0.05, 0) is 89.0 Å². The first-order valence-electron chi connectivity index (χ1n) is 26.7. The van der Waals surface area contributed by atoms with Gasteiger partial charge in [-0.15, -0.1) is 0 Å². The van der Waals surface area contributed by atoms with Crippen LogP contribution in [0.3, 0.4) is 0 Å². The SMILES string of the molecule is CC(C)C[C@H](NC(=O)[C@H](CCCN=C(N)N)NC(=O)[C@@H]1CCCN1C(=O)[C@@H]1CCCN1C(=O)[C@H](CCCN=C(N)N)NC(=O)[C@@H](N)CCCN=C(N)N)C(=O)N[C@@H](C)C(=O)N[C@@H](CC(N)=O)C(=O)N[C@@H](Cc1ccccc1)C(=O)O. The zero-order valence-corrected chi connectivity index (χ0v) is 45.8. The number of nitrogens with two attached hydrogens (primary N) is 8. The van der Waals surface area contributed by atoms with Crippen LogP contribution < -0.4 is 77.8 Å². The third-order valence-corrected chi connectivity index (χ3v) is 13.1. The summed E-state index contributed by atoms with van der Waals surface area (Å²) in [4.78, 5) is 150. The molecule has 0 bridgehead atoms. The van der Waals surface area contributed by atoms with Gasteiger partial charge in [0.2, 0.25) is 53.2 Å². The molecular weight excluding hydrogens is 1040 g/mol. The van der Waals surface area contributed by atoms with Crippen molar-refractivity contribution in [2.75, 3.05) is 32.7 Å². The zero-order chi connectivity index (χ0) is 59.6. The van der Waals surface area contributed by atoms with Gasteiger partial charge in [-0.25, -0.2) is 4.79 Å². The average Bonchev–Trinajstić information content (AvgIpc) is 4.09. The number of amides is 9. The fraction of sp³-hybridized carbons (Fsp3) is 0.620. The molecule has 30 nitrogen and oxygen atoms in total. The number of guanidine groups is 3. The number of hydrogen-bond donors (Lipinski definition) is 15. The van der Waals surface area contributed by atoms with Gasteiger partial charge in [0.1, 0.15) is 48.3 Å². The Morgan fingerprint density at radius 3 is 1.61 bits per heavy atom. The number of primary amides is 1. The van der Waals surface area contributed by atoms with Crippen molar-refractivity contribution in [2.24, 2.45) is 66.8 Å². The van der Waals surface area contributed by atoms with Crippen molar-refractivity contribution in [3.05, 3.63) is 35.9 Å². The molecule has 0 radical (unpaired) electrons. The van der Waals surface area contributed by atoms with Crippen molar-refractivity contribution in [1.29, 1.82) is 0 Å². The molecule has 2 heterocycles. The first-order valence-corrected chi connectivity index (χ1v) is 26.7. The number of aliphatic imine (C=N–C) groups is 3. The number of carboxylic acids is 1. The number of hydrogen-bond acceptors (Lipinski definition) is 14. The van der Waals surface area contributed by atoms with Crippen LogP contribution in [0.1, 0.15) is 103 Å². The largest absolute Gasteiger partial charge is 0.480 e. The lowest BCUT2D eigenvalue weighted by Gasteiger charge is -2.33. The van der Waals surface area contributed by atoms with Crippen LogP contribution >= 0.6 is 0 Å². The Balaban J connectivity index is 1.79. The fourth-order valence-corrected chi connectivity index (χ4v) is 9.10. The molecule has 0 spiro atoms. The van der Waals surface area contributed by atoms with E-state index in [1.807, 2.05) is 0 Å². The number of benzene rings is 1. The first kappa shape index (κ1) is 66.0. The first-order chi connectivity index (χ1) is 37.8. The molecular formula is C50H83N19O11. The minimum Gasteiger partial charge on any atom is -0.480 e. The Bertz CT molecular complexity index is 2400. The van der Waals surface area contributed by atoms with E-state index in [2.05, 4.69) is 46.9 Å². The van der Waals surface area contributed by atoms with Gasteiger partial charge in [0.15, 0.2) is 17.9 Å². The summed E-state index contributed by atoms with van der Waals surface area (Å²) >= 11 is 0. The highest BCUT2D eigenvalue weighted by Crippen LogP contribution is 2.26. The van der Waals surface area contributed by atoms with E-state index in [4.69, 9.17) is 45.9 Å². The van der Waals surface area contributed by atoms with Gasteiger partial charge in [-0.2, -0.15) is 0 Å². The summed E-state index contributed by atoms with van der Waals surface area (Å²) in [5.74, 6) is -9.01. The third kappa shape index (κ3) is 22.6. The molecule has 2 aliphatic heterocycles. The molecule has 9 amide bonds. The van der Waals surface area contributed by atoms with E-state index in [1.54, 1.807) is 44.2 Å². The van der Waals surface area contributed by atoms with Crippen molar-refractivity contribution in [1.82, 2.24) is 41.7 Å². The highest BCUT2D eigenvalue weighted by atomic mass is 16.4. The second-order valence-electron chi connectivity index (χ2n) is 20.2. The molecule has 2 aliphatic rings. The summed E-state index contributed by atoms with van der Waals surface area (Å²) in [6, 6.07) is -2.85. The van der Waals surface area contributed by atoms with Crippen molar-refractivity contribution in [3.8, 4) is 0 Å². The maximum Gasteiger partial charge on any atom is 0.326 e. The fourth-order valence-electron chi connectivity index (χ4n) is 9.10. The molecule has 0 unspecified atom stereocenters. The van der Waals surface area contributed by atoms with Crippen LogP contribution in [0.5, 0.6) is 0 Å². The molecule has 3 rings (SSSR count). The topological polar surface area (TPSA) is 515 Å². The predicted octanol–water partition coefficient (Wildman–Crippen LogP) is -5.37. The van der Waals surface area contributed by atoms with E-state index in [0.717, 1.165) is 0 Å². The number of carbonyl (C=O) groups excluding carboxylic acids is 9. The zero-order valence-electron chi connectivity index (χ0n) is 45.8. The molecule has 1 aromatic rings. The van der Waals surface area contributed by atoms with Crippen LogP contribution in [0.4, 0.5) is 0 Å². The minimum atomic E-state index is -1.63. The number of rotatable bonds is 33. The lowest BCUT2D eigenvalue weighted by molar-refractivity contribution is -0.148. The standard InChI is InChI=1S/C50H83N19O11/c1-27(2)24-33(42(74)62-28(3)39(71)65-34(26-38(52)70)43(75)67-35(47(79)80)25-29-12-5-4-6-13-29)66-41(73)31(15-8-20-60-49(55)56)63-44(76)36-17-10-22-68(36)46(78)37-18-11-23-69(37)45(77)32(16-9-21-61-50(57)58)64-40(72)30(51)14-7-19-59-48(53)54/h4-6,12-13,27-28,30-37H,7-11,14-26,51H2,1-3H3,(H2,52,70)(H,62,74)(H,63,76)(H,64,72)(H,65,71)(H,66,73)(H,67,75)(H,79,80)(H4,53,54,59)(H4,55,56,60)(H4,57,58,61)/t28-,30-,31-,32-,33-,34-,35-,36-,37-/m0/s1. The summed E-state index contributed by atoms with van der Waals surface area (Å²) < 4.78 is 0. The molecule has 0 saturated carbocycles. The Morgan fingerprint density at radius 1 is 0.575 bits per heavy atom. The van der Waals surface area contributed by atoms with Crippen LogP contribution in [0.2, 0.25) is 0 Å². The molecule has 444 valence electrons. The number of carbonyl (C=O) groups is 10. The molecule has 2 fully saturated rings. The molecule has 0 aromatic heterocycles. The summed E-state index contributed by atoms with van der Waals surface area (Å²) in [5, 5.41) is 25.2. The van der Waals surface area contributed by atoms with Crippen molar-refractivity contribution in [3.63, 3.8) is 0 Å². The highest BCUT2D eigenvalue weighted by molar-refractivity contribution is 5.99.